The first kappa shape index (κ1) is 26.2. The summed E-state index contributed by atoms with van der Waals surface area (Å²) in [5.41, 5.74) is 0.136. The first-order valence-electron chi connectivity index (χ1n) is 11.1. The normalized spacial score (nSPS) is 14.8. The van der Waals surface area contributed by atoms with Crippen LogP contribution in [0.3, 0.4) is 0 Å². The van der Waals surface area contributed by atoms with Crippen molar-refractivity contribution in [2.45, 2.75) is 65.3 Å². The van der Waals surface area contributed by atoms with Crippen molar-refractivity contribution < 1.29 is 28.7 Å². The van der Waals surface area contributed by atoms with Gasteiger partial charge in [0.15, 0.2) is 6.61 Å². The molecule has 1 aliphatic carbocycles. The first-order valence-corrected chi connectivity index (χ1v) is 11.1. The lowest BCUT2D eigenvalue weighted by Gasteiger charge is -2.28. The molecule has 1 aromatic carbocycles. The van der Waals surface area contributed by atoms with E-state index in [1.54, 1.807) is 12.1 Å². The van der Waals surface area contributed by atoms with Crippen LogP contribution in [0.4, 0.5) is 5.69 Å². The van der Waals surface area contributed by atoms with E-state index in [1.165, 1.54) is 7.11 Å². The van der Waals surface area contributed by atoms with Crippen LogP contribution in [0.2, 0.25) is 0 Å². The Morgan fingerprint density at radius 2 is 1.70 bits per heavy atom. The Balaban J connectivity index is 1.84. The first-order chi connectivity index (χ1) is 15.4. The van der Waals surface area contributed by atoms with Gasteiger partial charge in [0.25, 0.3) is 5.91 Å². The molecule has 182 valence electrons. The van der Waals surface area contributed by atoms with E-state index in [4.69, 9.17) is 9.47 Å². The summed E-state index contributed by atoms with van der Waals surface area (Å²) in [5, 5.41) is 7.99. The number of amides is 3. The largest absolute Gasteiger partial charge is 0.495 e. The summed E-state index contributed by atoms with van der Waals surface area (Å²) >= 11 is 0. The lowest BCUT2D eigenvalue weighted by molar-refractivity contribution is -0.160. The van der Waals surface area contributed by atoms with Crippen molar-refractivity contribution in [3.8, 4) is 5.75 Å². The fraction of sp³-hybridized carbons (Fsp3) is 0.583. The number of hydrogen-bond acceptors (Lipinski definition) is 6. The maximum Gasteiger partial charge on any atom is 0.313 e. The minimum atomic E-state index is -0.908. The summed E-state index contributed by atoms with van der Waals surface area (Å²) in [6.07, 6.45) is 2.78. The van der Waals surface area contributed by atoms with E-state index in [0.29, 0.717) is 24.3 Å². The third-order valence-corrected chi connectivity index (χ3v) is 5.42. The van der Waals surface area contributed by atoms with E-state index in [0.717, 1.165) is 18.4 Å². The van der Waals surface area contributed by atoms with Gasteiger partial charge >= 0.3 is 5.97 Å². The molecule has 0 bridgehead atoms. The summed E-state index contributed by atoms with van der Waals surface area (Å²) in [6, 6.07) is 5.36. The molecule has 0 spiro atoms. The number of ether oxygens (including phenoxy) is 2. The standard InChI is InChI=1S/C24H35N3O6/c1-16-8-9-18(32-5)17(12-16)26-20(29)14-25-21(30)15-33-22(31)24(10-6-7-11-24)13-19(28)27-23(2,3)4/h8-9,12H,6-7,10-11,13-15H2,1-5H3,(H,25,30)(H,26,29)(H,27,28). The molecule has 9 heteroatoms. The molecular weight excluding hydrogens is 426 g/mol. The van der Waals surface area contributed by atoms with Crippen LogP contribution >= 0.6 is 0 Å². The number of rotatable bonds is 9. The summed E-state index contributed by atoms with van der Waals surface area (Å²) in [7, 11) is 1.50. The third kappa shape index (κ3) is 8.07. The zero-order chi connectivity index (χ0) is 24.6. The Labute approximate surface area is 195 Å². The number of hydrogen-bond donors (Lipinski definition) is 3. The van der Waals surface area contributed by atoms with Crippen LogP contribution in [0.1, 0.15) is 58.4 Å². The Morgan fingerprint density at radius 3 is 2.30 bits per heavy atom. The number of carbonyl (C=O) groups excluding carboxylic acids is 4. The van der Waals surface area contributed by atoms with Crippen LogP contribution in [-0.2, 0) is 23.9 Å². The van der Waals surface area contributed by atoms with E-state index in [9.17, 15) is 19.2 Å². The van der Waals surface area contributed by atoms with Crippen molar-refractivity contribution in [1.29, 1.82) is 0 Å². The molecule has 9 nitrogen and oxygen atoms in total. The fourth-order valence-electron chi connectivity index (χ4n) is 3.90. The van der Waals surface area contributed by atoms with Crippen molar-refractivity contribution in [1.82, 2.24) is 10.6 Å². The average Bonchev–Trinajstić information content (AvgIpc) is 3.18. The van der Waals surface area contributed by atoms with E-state index < -0.39 is 35.3 Å². The van der Waals surface area contributed by atoms with E-state index in [1.807, 2.05) is 33.8 Å². The molecule has 0 heterocycles. The van der Waals surface area contributed by atoms with Gasteiger partial charge in [0, 0.05) is 12.0 Å². The predicted molar refractivity (Wildman–Crippen MR) is 124 cm³/mol. The van der Waals surface area contributed by atoms with E-state index >= 15 is 0 Å². The van der Waals surface area contributed by atoms with Gasteiger partial charge < -0.3 is 25.4 Å². The van der Waals surface area contributed by atoms with Gasteiger partial charge in [0.1, 0.15) is 5.75 Å². The maximum atomic E-state index is 12.8. The van der Waals surface area contributed by atoms with Crippen LogP contribution in [0.5, 0.6) is 5.75 Å². The molecule has 1 saturated carbocycles. The lowest BCUT2D eigenvalue weighted by atomic mass is 9.82. The fourth-order valence-corrected chi connectivity index (χ4v) is 3.90. The quantitative estimate of drug-likeness (QED) is 0.486. The van der Waals surface area contributed by atoms with Gasteiger partial charge in [-0.3, -0.25) is 19.2 Å². The Morgan fingerprint density at radius 1 is 1.03 bits per heavy atom. The van der Waals surface area contributed by atoms with Gasteiger partial charge in [0.05, 0.1) is 24.8 Å². The summed E-state index contributed by atoms with van der Waals surface area (Å²) < 4.78 is 10.5. The summed E-state index contributed by atoms with van der Waals surface area (Å²) in [4.78, 5) is 49.5. The summed E-state index contributed by atoms with van der Waals surface area (Å²) in [6.45, 7) is 6.71. The minimum Gasteiger partial charge on any atom is -0.495 e. The molecule has 1 aliphatic rings. The van der Waals surface area contributed by atoms with Crippen LogP contribution in [0.15, 0.2) is 18.2 Å². The van der Waals surface area contributed by atoms with Crippen molar-refractivity contribution >= 4 is 29.4 Å². The monoisotopic (exact) mass is 461 g/mol. The van der Waals surface area contributed by atoms with E-state index in [-0.39, 0.29) is 18.9 Å². The molecule has 0 atom stereocenters. The molecule has 2 rings (SSSR count). The Bertz CT molecular complexity index is 885. The topological polar surface area (TPSA) is 123 Å². The van der Waals surface area contributed by atoms with Crippen molar-refractivity contribution in [2.75, 3.05) is 25.6 Å². The van der Waals surface area contributed by atoms with Gasteiger partial charge in [0.2, 0.25) is 11.8 Å². The number of carbonyl (C=O) groups is 4. The van der Waals surface area contributed by atoms with Crippen molar-refractivity contribution in [3.63, 3.8) is 0 Å². The highest BCUT2D eigenvalue weighted by atomic mass is 16.5. The zero-order valence-electron chi connectivity index (χ0n) is 20.1. The highest BCUT2D eigenvalue weighted by molar-refractivity contribution is 5.96. The van der Waals surface area contributed by atoms with Crippen LogP contribution in [0.25, 0.3) is 0 Å². The smallest absolute Gasteiger partial charge is 0.313 e. The number of anilines is 1. The van der Waals surface area contributed by atoms with Gasteiger partial charge in [-0.25, -0.2) is 0 Å². The molecule has 0 radical (unpaired) electrons. The number of methoxy groups -OCH3 is 1. The molecule has 0 aliphatic heterocycles. The molecule has 3 amide bonds. The zero-order valence-corrected chi connectivity index (χ0v) is 20.1. The SMILES string of the molecule is COc1ccc(C)cc1NC(=O)CNC(=O)COC(=O)C1(CC(=O)NC(C)(C)C)CCCC1. The molecule has 3 N–H and O–H groups in total. The third-order valence-electron chi connectivity index (χ3n) is 5.42. The van der Waals surface area contributed by atoms with Crippen LogP contribution in [-0.4, -0.2) is 49.5 Å². The molecule has 33 heavy (non-hydrogen) atoms. The Kier molecular flexibility index (Phi) is 8.84. The van der Waals surface area contributed by atoms with Crippen molar-refractivity contribution in [3.05, 3.63) is 23.8 Å². The second-order valence-corrected chi connectivity index (χ2v) is 9.57. The predicted octanol–water partition coefficient (Wildman–Crippen LogP) is 2.47. The molecule has 0 saturated heterocycles. The van der Waals surface area contributed by atoms with Crippen molar-refractivity contribution in [2.24, 2.45) is 5.41 Å². The van der Waals surface area contributed by atoms with Gasteiger partial charge in [-0.15, -0.1) is 0 Å². The molecular formula is C24H35N3O6. The lowest BCUT2D eigenvalue weighted by Crippen LogP contribution is -2.45. The summed E-state index contributed by atoms with van der Waals surface area (Å²) in [5.74, 6) is -1.29. The second-order valence-electron chi connectivity index (χ2n) is 9.57. The van der Waals surface area contributed by atoms with E-state index in [2.05, 4.69) is 16.0 Å². The van der Waals surface area contributed by atoms with Gasteiger partial charge in [-0.05, 0) is 58.2 Å². The second kappa shape index (κ2) is 11.2. The number of nitrogens with one attached hydrogen (secondary N) is 3. The molecule has 0 aromatic heterocycles. The highest BCUT2D eigenvalue weighted by Crippen LogP contribution is 2.42. The highest BCUT2D eigenvalue weighted by Gasteiger charge is 2.44. The van der Waals surface area contributed by atoms with Crippen LogP contribution in [0, 0.1) is 12.3 Å². The molecule has 1 aromatic rings. The van der Waals surface area contributed by atoms with Crippen LogP contribution < -0.4 is 20.7 Å². The number of benzene rings is 1. The minimum absolute atomic E-state index is 0.0332. The van der Waals surface area contributed by atoms with Gasteiger partial charge in [-0.1, -0.05) is 18.9 Å². The maximum absolute atomic E-state index is 12.8. The molecule has 0 unspecified atom stereocenters. The Hall–Kier alpha value is -3.10. The number of esters is 1. The average molecular weight is 462 g/mol. The molecule has 1 fully saturated rings. The number of aryl methyl sites for hydroxylation is 1. The van der Waals surface area contributed by atoms with Gasteiger partial charge in [-0.2, -0.15) is 0 Å².